The van der Waals surface area contributed by atoms with E-state index in [1.54, 1.807) is 6.07 Å². The van der Waals surface area contributed by atoms with Crippen LogP contribution in [-0.2, 0) is 0 Å². The number of rotatable bonds is 4. The van der Waals surface area contributed by atoms with Crippen molar-refractivity contribution in [2.75, 3.05) is 5.32 Å². The van der Waals surface area contributed by atoms with Crippen molar-refractivity contribution in [2.45, 2.75) is 6.92 Å². The molecule has 0 saturated heterocycles. The van der Waals surface area contributed by atoms with E-state index >= 15 is 0 Å². The van der Waals surface area contributed by atoms with Crippen LogP contribution in [-0.4, -0.2) is 22.1 Å². The number of aromatic nitrogens is 1. The average Bonchev–Trinajstić information content (AvgIpc) is 3.17. The Morgan fingerprint density at radius 2 is 1.90 bits per heavy atom. The number of carbonyl (C=O) groups excluding carboxylic acids is 1. The Balaban J connectivity index is 1.73. The van der Waals surface area contributed by atoms with Gasteiger partial charge in [0.2, 0.25) is 5.76 Å². The Hall–Kier alpha value is -4.44. The number of carboxylic acids is 1. The van der Waals surface area contributed by atoms with E-state index in [4.69, 9.17) is 9.78 Å². The summed E-state index contributed by atoms with van der Waals surface area (Å²) in [6, 6.07) is 19.2. The molecular formula is C23H15N3O4. The molecule has 0 unspecified atom stereocenters. The third-order valence-electron chi connectivity index (χ3n) is 4.77. The molecule has 1 heterocycles. The summed E-state index contributed by atoms with van der Waals surface area (Å²) in [7, 11) is 0. The Bertz CT molecular complexity index is 1350. The molecule has 0 bridgehead atoms. The van der Waals surface area contributed by atoms with E-state index in [2.05, 4.69) is 10.5 Å². The number of hydrogen-bond donors (Lipinski definition) is 2. The van der Waals surface area contributed by atoms with Gasteiger partial charge in [0.15, 0.2) is 0 Å². The maximum atomic E-state index is 12.8. The van der Waals surface area contributed by atoms with Crippen LogP contribution >= 0.6 is 0 Å². The van der Waals surface area contributed by atoms with Crippen molar-refractivity contribution in [1.29, 1.82) is 5.26 Å². The van der Waals surface area contributed by atoms with Crippen LogP contribution in [0.2, 0.25) is 0 Å². The molecule has 3 aromatic carbocycles. The second kappa shape index (κ2) is 7.53. The highest BCUT2D eigenvalue weighted by atomic mass is 16.5. The topological polar surface area (TPSA) is 116 Å². The van der Waals surface area contributed by atoms with Crippen molar-refractivity contribution < 1.29 is 19.2 Å². The lowest BCUT2D eigenvalue weighted by Gasteiger charge is -2.08. The molecule has 0 radical (unpaired) electrons. The molecule has 7 heteroatoms. The van der Waals surface area contributed by atoms with Gasteiger partial charge >= 0.3 is 5.97 Å². The van der Waals surface area contributed by atoms with E-state index in [0.29, 0.717) is 10.9 Å². The van der Waals surface area contributed by atoms with Gasteiger partial charge in [-0.05, 0) is 53.9 Å². The van der Waals surface area contributed by atoms with E-state index in [1.165, 1.54) is 18.2 Å². The van der Waals surface area contributed by atoms with Gasteiger partial charge in [0.1, 0.15) is 5.52 Å². The van der Waals surface area contributed by atoms with Crippen LogP contribution in [0.5, 0.6) is 0 Å². The summed E-state index contributed by atoms with van der Waals surface area (Å²) in [4.78, 5) is 24.3. The molecule has 0 atom stereocenters. The lowest BCUT2D eigenvalue weighted by molar-refractivity contribution is 0.0698. The Morgan fingerprint density at radius 1 is 1.10 bits per heavy atom. The first-order valence-electron chi connectivity index (χ1n) is 9.02. The van der Waals surface area contributed by atoms with Gasteiger partial charge in [-0.25, -0.2) is 4.79 Å². The van der Waals surface area contributed by atoms with Gasteiger partial charge < -0.3 is 14.9 Å². The van der Waals surface area contributed by atoms with Crippen LogP contribution in [0, 0.1) is 18.3 Å². The standard InChI is InChI=1S/C23H15N3O4/c1-13-4-2-3-5-16(13)15-7-9-20-17(11-15)21(30-26-20)22(27)25-19-8-6-14(12-24)10-18(19)23(28)29/h2-11H,1H3,(H,25,27)(H,28,29). The van der Waals surface area contributed by atoms with Crippen LogP contribution in [0.15, 0.2) is 65.2 Å². The van der Waals surface area contributed by atoms with Gasteiger partial charge in [-0.3, -0.25) is 4.79 Å². The van der Waals surface area contributed by atoms with E-state index in [1.807, 2.05) is 49.4 Å². The molecular weight excluding hydrogens is 382 g/mol. The van der Waals surface area contributed by atoms with Crippen molar-refractivity contribution in [1.82, 2.24) is 5.16 Å². The number of hydrogen-bond acceptors (Lipinski definition) is 5. The van der Waals surface area contributed by atoms with Crippen LogP contribution < -0.4 is 5.32 Å². The molecule has 1 amide bonds. The number of nitriles is 1. The van der Waals surface area contributed by atoms with Crippen molar-refractivity contribution in [3.05, 3.63) is 83.1 Å². The fourth-order valence-corrected chi connectivity index (χ4v) is 3.25. The first kappa shape index (κ1) is 18.9. The predicted molar refractivity (Wildman–Crippen MR) is 110 cm³/mol. The monoisotopic (exact) mass is 397 g/mol. The van der Waals surface area contributed by atoms with E-state index in [-0.39, 0.29) is 22.6 Å². The molecule has 2 N–H and O–H groups in total. The van der Waals surface area contributed by atoms with Gasteiger partial charge in [-0.2, -0.15) is 5.26 Å². The zero-order valence-corrected chi connectivity index (χ0v) is 15.8. The fourth-order valence-electron chi connectivity index (χ4n) is 3.25. The lowest BCUT2D eigenvalue weighted by atomic mass is 9.99. The van der Waals surface area contributed by atoms with E-state index in [9.17, 15) is 14.7 Å². The Morgan fingerprint density at radius 3 is 2.63 bits per heavy atom. The third-order valence-corrected chi connectivity index (χ3v) is 4.77. The normalized spacial score (nSPS) is 10.5. The van der Waals surface area contributed by atoms with Crippen LogP contribution in [0.25, 0.3) is 22.0 Å². The van der Waals surface area contributed by atoms with Crippen molar-refractivity contribution in [3.8, 4) is 17.2 Å². The second-order valence-corrected chi connectivity index (χ2v) is 6.69. The smallest absolute Gasteiger partial charge is 0.337 e. The number of carbonyl (C=O) groups is 2. The Kier molecular flexibility index (Phi) is 4.74. The molecule has 0 aliphatic carbocycles. The van der Waals surface area contributed by atoms with Gasteiger partial charge in [0, 0.05) is 0 Å². The molecule has 1 aromatic heterocycles. The Labute approximate surface area is 171 Å². The summed E-state index contributed by atoms with van der Waals surface area (Å²) in [5, 5.41) is 25.4. The minimum Gasteiger partial charge on any atom is -0.478 e. The molecule has 4 aromatic rings. The van der Waals surface area contributed by atoms with Crippen LogP contribution in [0.3, 0.4) is 0 Å². The first-order valence-corrected chi connectivity index (χ1v) is 9.02. The van der Waals surface area contributed by atoms with E-state index in [0.717, 1.165) is 16.7 Å². The number of nitrogens with one attached hydrogen (secondary N) is 1. The maximum Gasteiger partial charge on any atom is 0.337 e. The highest BCUT2D eigenvalue weighted by molar-refractivity contribution is 6.12. The maximum absolute atomic E-state index is 12.8. The van der Waals surface area contributed by atoms with Crippen molar-refractivity contribution in [2.24, 2.45) is 0 Å². The van der Waals surface area contributed by atoms with Crippen molar-refractivity contribution >= 4 is 28.5 Å². The molecule has 0 aliphatic rings. The van der Waals surface area contributed by atoms with Gasteiger partial charge in [0.05, 0.1) is 28.3 Å². The zero-order valence-electron chi connectivity index (χ0n) is 15.8. The fraction of sp³-hybridized carbons (Fsp3) is 0.0435. The highest BCUT2D eigenvalue weighted by Gasteiger charge is 2.20. The number of aryl methyl sites for hydroxylation is 1. The summed E-state index contributed by atoms with van der Waals surface area (Å²) in [5.41, 5.74) is 3.57. The van der Waals surface area contributed by atoms with Crippen LogP contribution in [0.1, 0.15) is 32.0 Å². The molecule has 0 saturated carbocycles. The molecule has 0 spiro atoms. The summed E-state index contributed by atoms with van der Waals surface area (Å²) in [6.07, 6.45) is 0. The second-order valence-electron chi connectivity index (χ2n) is 6.69. The van der Waals surface area contributed by atoms with Crippen molar-refractivity contribution in [3.63, 3.8) is 0 Å². The van der Waals surface area contributed by atoms with E-state index < -0.39 is 11.9 Å². The summed E-state index contributed by atoms with van der Waals surface area (Å²) in [5.74, 6) is -1.92. The highest BCUT2D eigenvalue weighted by Crippen LogP contribution is 2.29. The quantitative estimate of drug-likeness (QED) is 0.519. The molecule has 30 heavy (non-hydrogen) atoms. The minimum atomic E-state index is -1.26. The molecule has 0 fully saturated rings. The first-order chi connectivity index (χ1) is 14.5. The third kappa shape index (κ3) is 3.38. The number of nitrogens with zero attached hydrogens (tertiary/aromatic N) is 2. The predicted octanol–water partition coefficient (Wildman–Crippen LogP) is 4.63. The van der Waals surface area contributed by atoms with Gasteiger partial charge in [0.25, 0.3) is 5.91 Å². The minimum absolute atomic E-state index is 0.0267. The average molecular weight is 397 g/mol. The molecule has 7 nitrogen and oxygen atoms in total. The molecule has 4 rings (SSSR count). The van der Waals surface area contributed by atoms with Gasteiger partial charge in [-0.15, -0.1) is 0 Å². The number of anilines is 1. The summed E-state index contributed by atoms with van der Waals surface area (Å²) in [6.45, 7) is 2.00. The van der Waals surface area contributed by atoms with Gasteiger partial charge in [-0.1, -0.05) is 35.5 Å². The largest absolute Gasteiger partial charge is 0.478 e. The zero-order chi connectivity index (χ0) is 21.3. The number of aromatic carboxylic acids is 1. The number of carboxylic acid groups (broad SMARTS) is 1. The lowest BCUT2D eigenvalue weighted by Crippen LogP contribution is -2.14. The van der Waals surface area contributed by atoms with Crippen LogP contribution in [0.4, 0.5) is 5.69 Å². The molecule has 0 aliphatic heterocycles. The molecule has 146 valence electrons. The number of fused-ring (bicyclic) bond motifs is 1. The SMILES string of the molecule is Cc1ccccc1-c1ccc2noc(C(=O)Nc3ccc(C#N)cc3C(=O)O)c2c1. The summed E-state index contributed by atoms with van der Waals surface area (Å²) >= 11 is 0. The number of benzene rings is 3. The number of amides is 1. The summed E-state index contributed by atoms with van der Waals surface area (Å²) < 4.78 is 5.25.